The van der Waals surface area contributed by atoms with Gasteiger partial charge in [0, 0.05) is 18.1 Å². The summed E-state index contributed by atoms with van der Waals surface area (Å²) in [6.45, 7) is 8.44. The molecule has 1 aromatic carbocycles. The molecule has 1 aliphatic rings. The number of piperazine rings is 1. The Kier molecular flexibility index (Phi) is 6.17. The van der Waals surface area contributed by atoms with E-state index in [1.165, 1.54) is 10.5 Å². The van der Waals surface area contributed by atoms with Crippen molar-refractivity contribution in [2.24, 2.45) is 0 Å². The fourth-order valence-electron chi connectivity index (χ4n) is 3.34. The minimum Gasteiger partial charge on any atom is -0.330 e. The van der Waals surface area contributed by atoms with Crippen molar-refractivity contribution >= 4 is 17.5 Å². The first-order chi connectivity index (χ1) is 12.7. The standard InChI is InChI=1S/C20H27N5O/c1-3-16(2)17-7-4-5-8-18(17)23-19(26)15-24-11-13-25(14-12-24)20-21-9-6-10-22-20/h4-10,16H,3,11-15H2,1-2H3,(H,23,26)/p+1/t16-/m1/s1. The third-order valence-corrected chi connectivity index (χ3v) is 5.09. The molecule has 6 nitrogen and oxygen atoms in total. The van der Waals surface area contributed by atoms with E-state index >= 15 is 0 Å². The summed E-state index contributed by atoms with van der Waals surface area (Å²) in [4.78, 5) is 24.6. The maximum atomic E-state index is 12.5. The molecule has 2 aromatic rings. The summed E-state index contributed by atoms with van der Waals surface area (Å²) in [5.41, 5.74) is 2.16. The molecule has 1 saturated heterocycles. The molecule has 1 amide bonds. The first kappa shape index (κ1) is 18.3. The minimum absolute atomic E-state index is 0.0835. The van der Waals surface area contributed by atoms with Crippen molar-refractivity contribution in [2.45, 2.75) is 26.2 Å². The molecule has 1 fully saturated rings. The Morgan fingerprint density at radius 1 is 1.19 bits per heavy atom. The average Bonchev–Trinajstić information content (AvgIpc) is 2.69. The summed E-state index contributed by atoms with van der Waals surface area (Å²) in [7, 11) is 0. The molecule has 2 heterocycles. The van der Waals surface area contributed by atoms with E-state index in [4.69, 9.17) is 0 Å². The number of nitrogens with zero attached hydrogens (tertiary/aromatic N) is 3. The molecule has 0 saturated carbocycles. The number of anilines is 2. The maximum Gasteiger partial charge on any atom is 0.279 e. The minimum atomic E-state index is 0.0835. The molecule has 0 unspecified atom stereocenters. The molecule has 3 rings (SSSR count). The molecule has 1 aromatic heterocycles. The van der Waals surface area contributed by atoms with Crippen LogP contribution in [0, 0.1) is 0 Å². The normalized spacial score (nSPS) is 16.3. The first-order valence-corrected chi connectivity index (χ1v) is 9.41. The van der Waals surface area contributed by atoms with Gasteiger partial charge in [-0.25, -0.2) is 9.97 Å². The number of carbonyl (C=O) groups excluding carboxylic acids is 1. The molecule has 1 aliphatic heterocycles. The highest BCUT2D eigenvalue weighted by molar-refractivity contribution is 5.92. The van der Waals surface area contributed by atoms with Crippen molar-refractivity contribution < 1.29 is 9.69 Å². The molecule has 0 bridgehead atoms. The maximum absolute atomic E-state index is 12.5. The summed E-state index contributed by atoms with van der Waals surface area (Å²) >= 11 is 0. The number of hydrogen-bond acceptors (Lipinski definition) is 4. The molecular weight excluding hydrogens is 326 g/mol. The number of amides is 1. The lowest BCUT2D eigenvalue weighted by Gasteiger charge is -2.31. The largest absolute Gasteiger partial charge is 0.330 e. The molecule has 0 radical (unpaired) electrons. The van der Waals surface area contributed by atoms with Crippen LogP contribution < -0.4 is 15.1 Å². The van der Waals surface area contributed by atoms with Crippen molar-refractivity contribution in [2.75, 3.05) is 42.9 Å². The van der Waals surface area contributed by atoms with Gasteiger partial charge in [0.05, 0.1) is 26.2 Å². The van der Waals surface area contributed by atoms with Gasteiger partial charge in [0.25, 0.3) is 5.91 Å². The zero-order valence-electron chi connectivity index (χ0n) is 15.6. The zero-order chi connectivity index (χ0) is 18.4. The zero-order valence-corrected chi connectivity index (χ0v) is 15.6. The van der Waals surface area contributed by atoms with E-state index in [0.717, 1.165) is 44.2 Å². The Morgan fingerprint density at radius 3 is 2.58 bits per heavy atom. The summed E-state index contributed by atoms with van der Waals surface area (Å²) in [5, 5.41) is 3.12. The fourth-order valence-corrected chi connectivity index (χ4v) is 3.34. The molecule has 0 aliphatic carbocycles. The van der Waals surface area contributed by atoms with Crippen LogP contribution in [0.3, 0.4) is 0 Å². The quantitative estimate of drug-likeness (QED) is 0.822. The van der Waals surface area contributed by atoms with Crippen molar-refractivity contribution in [1.29, 1.82) is 0 Å². The molecule has 138 valence electrons. The molecule has 26 heavy (non-hydrogen) atoms. The van der Waals surface area contributed by atoms with Crippen molar-refractivity contribution in [1.82, 2.24) is 9.97 Å². The smallest absolute Gasteiger partial charge is 0.279 e. The van der Waals surface area contributed by atoms with Crippen LogP contribution in [-0.4, -0.2) is 48.6 Å². The van der Waals surface area contributed by atoms with Crippen LogP contribution in [0.25, 0.3) is 0 Å². The molecule has 6 heteroatoms. The Labute approximate surface area is 155 Å². The van der Waals surface area contributed by atoms with Gasteiger partial charge in [0.1, 0.15) is 0 Å². The van der Waals surface area contributed by atoms with E-state index in [9.17, 15) is 4.79 Å². The van der Waals surface area contributed by atoms with E-state index in [1.54, 1.807) is 12.4 Å². The Balaban J connectivity index is 1.52. The van der Waals surface area contributed by atoms with Crippen molar-refractivity contribution in [3.8, 4) is 0 Å². The summed E-state index contributed by atoms with van der Waals surface area (Å²) in [6, 6.07) is 9.95. The van der Waals surface area contributed by atoms with Crippen LogP contribution in [0.15, 0.2) is 42.7 Å². The van der Waals surface area contributed by atoms with Gasteiger partial charge in [-0.15, -0.1) is 0 Å². The summed E-state index contributed by atoms with van der Waals surface area (Å²) in [5.74, 6) is 1.30. The highest BCUT2D eigenvalue weighted by Gasteiger charge is 2.24. The monoisotopic (exact) mass is 354 g/mol. The third-order valence-electron chi connectivity index (χ3n) is 5.09. The van der Waals surface area contributed by atoms with Crippen molar-refractivity contribution in [3.63, 3.8) is 0 Å². The molecule has 2 N–H and O–H groups in total. The van der Waals surface area contributed by atoms with E-state index in [-0.39, 0.29) is 5.91 Å². The van der Waals surface area contributed by atoms with Crippen LogP contribution in [0.5, 0.6) is 0 Å². The van der Waals surface area contributed by atoms with Gasteiger partial charge in [-0.05, 0) is 30.0 Å². The number of para-hydroxylation sites is 1. The highest BCUT2D eigenvalue weighted by Crippen LogP contribution is 2.26. The second-order valence-electron chi connectivity index (χ2n) is 6.91. The van der Waals surface area contributed by atoms with Crippen LogP contribution in [-0.2, 0) is 4.79 Å². The number of quaternary nitrogens is 1. The lowest BCUT2D eigenvalue weighted by Crippen LogP contribution is -3.15. The predicted octanol–water partition coefficient (Wildman–Crippen LogP) is 1.33. The number of hydrogen-bond donors (Lipinski definition) is 2. The van der Waals surface area contributed by atoms with Crippen LogP contribution in [0.4, 0.5) is 11.6 Å². The van der Waals surface area contributed by atoms with Gasteiger partial charge in [-0.3, -0.25) is 4.79 Å². The highest BCUT2D eigenvalue weighted by atomic mass is 16.2. The summed E-state index contributed by atoms with van der Waals surface area (Å²) < 4.78 is 0. The predicted molar refractivity (Wildman–Crippen MR) is 104 cm³/mol. The van der Waals surface area contributed by atoms with E-state index in [1.807, 2.05) is 24.3 Å². The Hall–Kier alpha value is -2.47. The molecular formula is C20H28N5O+. The van der Waals surface area contributed by atoms with Gasteiger partial charge >= 0.3 is 0 Å². The lowest BCUT2D eigenvalue weighted by molar-refractivity contribution is -0.892. The van der Waals surface area contributed by atoms with Crippen LogP contribution >= 0.6 is 0 Å². The number of benzene rings is 1. The Morgan fingerprint density at radius 2 is 1.88 bits per heavy atom. The number of carbonyl (C=O) groups is 1. The third kappa shape index (κ3) is 4.58. The van der Waals surface area contributed by atoms with Gasteiger partial charge in [0.15, 0.2) is 6.54 Å². The van der Waals surface area contributed by atoms with E-state index < -0.39 is 0 Å². The number of nitrogens with one attached hydrogen (secondary N) is 2. The van der Waals surface area contributed by atoms with Gasteiger partial charge in [-0.1, -0.05) is 32.0 Å². The van der Waals surface area contributed by atoms with Gasteiger partial charge in [-0.2, -0.15) is 0 Å². The average molecular weight is 354 g/mol. The second-order valence-corrected chi connectivity index (χ2v) is 6.91. The number of rotatable bonds is 6. The topological polar surface area (TPSA) is 62.6 Å². The molecule has 1 atom stereocenters. The fraction of sp³-hybridized carbons (Fsp3) is 0.450. The molecule has 0 spiro atoms. The van der Waals surface area contributed by atoms with Crippen LogP contribution in [0.1, 0.15) is 31.7 Å². The summed E-state index contributed by atoms with van der Waals surface area (Å²) in [6.07, 6.45) is 4.59. The van der Waals surface area contributed by atoms with Crippen molar-refractivity contribution in [3.05, 3.63) is 48.3 Å². The first-order valence-electron chi connectivity index (χ1n) is 9.41. The van der Waals surface area contributed by atoms with Gasteiger partial charge < -0.3 is 15.1 Å². The second kappa shape index (κ2) is 8.76. The van der Waals surface area contributed by atoms with E-state index in [2.05, 4.69) is 40.1 Å². The lowest BCUT2D eigenvalue weighted by atomic mass is 9.97. The van der Waals surface area contributed by atoms with E-state index in [0.29, 0.717) is 12.5 Å². The van der Waals surface area contributed by atoms with Crippen LogP contribution in [0.2, 0.25) is 0 Å². The SMILES string of the molecule is CC[C@@H](C)c1ccccc1NC(=O)C[NH+]1CCN(c2ncccn2)CC1. The Bertz CT molecular complexity index is 713. The van der Waals surface area contributed by atoms with Gasteiger partial charge in [0.2, 0.25) is 5.95 Å². The number of aromatic nitrogens is 2.